The number of amides is 1. The standard InChI is InChI=1S/C21H24FN5O4S/c1-5-8-21(3)19(23)27-20(2,12-32(21,29)30)14-9-13(6-7-15(14)22)26-18(28)16-10-25-17(31-4)11-24-16/h5-7,9-11H,1,8,12H2,2-4H3,(H2,23,27)(H,26,28)/t20-,21-/m0/s1. The van der Waals surface area contributed by atoms with Crippen LogP contribution in [-0.4, -0.2) is 47.7 Å². The maximum atomic E-state index is 14.8. The highest BCUT2D eigenvalue weighted by molar-refractivity contribution is 7.93. The number of allylic oxidation sites excluding steroid dienone is 1. The fourth-order valence-corrected chi connectivity index (χ4v) is 5.59. The Bertz CT molecular complexity index is 1190. The van der Waals surface area contributed by atoms with Crippen molar-refractivity contribution in [2.24, 2.45) is 0 Å². The van der Waals surface area contributed by atoms with Crippen molar-refractivity contribution in [2.45, 2.75) is 30.6 Å². The zero-order valence-corrected chi connectivity index (χ0v) is 18.7. The second kappa shape index (κ2) is 8.30. The first-order valence-electron chi connectivity index (χ1n) is 9.63. The molecule has 1 saturated heterocycles. The monoisotopic (exact) mass is 461 g/mol. The van der Waals surface area contributed by atoms with E-state index in [2.05, 4.69) is 27.2 Å². The van der Waals surface area contributed by atoms with Crippen molar-refractivity contribution in [2.75, 3.05) is 18.2 Å². The maximum absolute atomic E-state index is 14.8. The van der Waals surface area contributed by atoms with Gasteiger partial charge in [-0.25, -0.2) is 22.8 Å². The van der Waals surface area contributed by atoms with Gasteiger partial charge in [0.15, 0.2) is 9.84 Å². The van der Waals surface area contributed by atoms with E-state index < -0.39 is 37.6 Å². The van der Waals surface area contributed by atoms with Crippen molar-refractivity contribution >= 4 is 27.3 Å². The second-order valence-electron chi connectivity index (χ2n) is 7.91. The quantitative estimate of drug-likeness (QED) is 0.563. The molecule has 1 aliphatic heterocycles. The zero-order chi connectivity index (χ0) is 23.7. The molecule has 32 heavy (non-hydrogen) atoms. The van der Waals surface area contributed by atoms with Gasteiger partial charge in [0.25, 0.3) is 5.91 Å². The third kappa shape index (κ3) is 4.07. The third-order valence-corrected chi connectivity index (χ3v) is 8.22. The van der Waals surface area contributed by atoms with Gasteiger partial charge in [0.2, 0.25) is 5.88 Å². The number of amidine groups is 1. The summed E-state index contributed by atoms with van der Waals surface area (Å²) in [6, 6.07) is 3.82. The Morgan fingerprint density at radius 2 is 2.09 bits per heavy atom. The molecule has 3 N–H and O–H groups in total. The molecule has 0 radical (unpaired) electrons. The van der Waals surface area contributed by atoms with E-state index in [1.807, 2.05) is 0 Å². The van der Waals surface area contributed by atoms with Crippen molar-refractivity contribution in [3.05, 3.63) is 60.3 Å². The molecule has 1 aromatic heterocycles. The van der Waals surface area contributed by atoms with Crippen LogP contribution in [-0.2, 0) is 15.4 Å². The van der Waals surface area contributed by atoms with Crippen LogP contribution in [0, 0.1) is 11.2 Å². The van der Waals surface area contributed by atoms with Gasteiger partial charge >= 0.3 is 0 Å². The van der Waals surface area contributed by atoms with Crippen molar-refractivity contribution in [1.82, 2.24) is 15.3 Å². The molecule has 0 aliphatic carbocycles. The lowest BCUT2D eigenvalue weighted by Crippen LogP contribution is -2.65. The summed E-state index contributed by atoms with van der Waals surface area (Å²) in [5, 5.41) is 13.8. The van der Waals surface area contributed by atoms with Crippen LogP contribution in [0.5, 0.6) is 5.88 Å². The number of carbonyl (C=O) groups is 1. The number of ether oxygens (including phenoxy) is 1. The van der Waals surface area contributed by atoms with Gasteiger partial charge in [-0.05, 0) is 38.5 Å². The number of anilines is 1. The minimum atomic E-state index is -3.83. The van der Waals surface area contributed by atoms with E-state index in [4.69, 9.17) is 10.1 Å². The lowest BCUT2D eigenvalue weighted by Gasteiger charge is -2.44. The topological polar surface area (TPSA) is 134 Å². The maximum Gasteiger partial charge on any atom is 0.275 e. The lowest BCUT2D eigenvalue weighted by molar-refractivity contribution is 0.102. The van der Waals surface area contributed by atoms with Crippen LogP contribution in [0.15, 0.2) is 43.2 Å². The Hall–Kier alpha value is -3.34. The molecular formula is C21H24FN5O4S. The summed E-state index contributed by atoms with van der Waals surface area (Å²) < 4.78 is 44.3. The number of halogens is 1. The van der Waals surface area contributed by atoms with Crippen LogP contribution in [0.4, 0.5) is 10.1 Å². The Kier molecular flexibility index (Phi) is 6.05. The van der Waals surface area contributed by atoms with E-state index in [9.17, 15) is 17.6 Å². The number of hydrogen-bond acceptors (Lipinski definition) is 7. The Morgan fingerprint density at radius 3 is 2.66 bits per heavy atom. The van der Waals surface area contributed by atoms with E-state index in [1.165, 1.54) is 51.6 Å². The first-order chi connectivity index (χ1) is 15.0. The third-order valence-electron chi connectivity index (χ3n) is 5.52. The Labute approximate surface area is 185 Å². The fourth-order valence-electron chi connectivity index (χ4n) is 3.55. The lowest BCUT2D eigenvalue weighted by atomic mass is 9.90. The molecule has 1 fully saturated rings. The first-order valence-corrected chi connectivity index (χ1v) is 11.3. The molecule has 2 atom stereocenters. The van der Waals surface area contributed by atoms with Crippen molar-refractivity contribution in [1.29, 1.82) is 5.41 Å². The van der Waals surface area contributed by atoms with Gasteiger partial charge in [0, 0.05) is 11.3 Å². The number of rotatable bonds is 6. The number of hydrogen-bond donors (Lipinski definition) is 3. The molecule has 1 aromatic carbocycles. The molecule has 170 valence electrons. The second-order valence-corrected chi connectivity index (χ2v) is 10.3. The SMILES string of the molecule is C=CC[C@@]1(C)C(=N)N[C@](C)(c2cc(NC(=O)c3cnc(OC)cn3)ccc2F)CS1(=O)=O. The summed E-state index contributed by atoms with van der Waals surface area (Å²) >= 11 is 0. The van der Waals surface area contributed by atoms with E-state index in [0.717, 1.165) is 6.07 Å². The largest absolute Gasteiger partial charge is 0.480 e. The van der Waals surface area contributed by atoms with E-state index in [0.29, 0.717) is 0 Å². The molecule has 1 amide bonds. The van der Waals surface area contributed by atoms with Crippen LogP contribution in [0.1, 0.15) is 36.3 Å². The molecule has 0 bridgehead atoms. The minimum absolute atomic E-state index is 0.00472. The van der Waals surface area contributed by atoms with E-state index in [-0.39, 0.29) is 35.1 Å². The Balaban J connectivity index is 1.92. The van der Waals surface area contributed by atoms with Gasteiger partial charge in [0.1, 0.15) is 22.1 Å². The predicted molar refractivity (Wildman–Crippen MR) is 118 cm³/mol. The van der Waals surface area contributed by atoms with Gasteiger partial charge < -0.3 is 15.4 Å². The molecule has 9 nitrogen and oxygen atoms in total. The summed E-state index contributed by atoms with van der Waals surface area (Å²) in [5.41, 5.74) is -1.16. The highest BCUT2D eigenvalue weighted by Crippen LogP contribution is 2.37. The van der Waals surface area contributed by atoms with Gasteiger partial charge in [-0.2, -0.15) is 0 Å². The van der Waals surface area contributed by atoms with Crippen LogP contribution in [0.25, 0.3) is 0 Å². The minimum Gasteiger partial charge on any atom is -0.480 e. The molecule has 2 aromatic rings. The number of nitrogens with zero attached hydrogens (tertiary/aromatic N) is 2. The molecule has 3 rings (SSSR count). The number of methoxy groups -OCH3 is 1. The molecule has 2 heterocycles. The summed E-state index contributed by atoms with van der Waals surface area (Å²) in [5.74, 6) is -1.69. The highest BCUT2D eigenvalue weighted by Gasteiger charge is 2.53. The first kappa shape index (κ1) is 23.3. The summed E-state index contributed by atoms with van der Waals surface area (Å²) in [7, 11) is -2.41. The van der Waals surface area contributed by atoms with Gasteiger partial charge in [-0.15, -0.1) is 6.58 Å². The summed E-state index contributed by atoms with van der Waals surface area (Å²) in [6.45, 7) is 6.53. The van der Waals surface area contributed by atoms with Crippen molar-refractivity contribution in [3.63, 3.8) is 0 Å². The molecular weight excluding hydrogens is 437 g/mol. The molecule has 1 aliphatic rings. The molecule has 0 spiro atoms. The van der Waals surface area contributed by atoms with Gasteiger partial charge in [-0.3, -0.25) is 10.2 Å². The zero-order valence-electron chi connectivity index (χ0n) is 17.9. The fraction of sp³-hybridized carbons (Fsp3) is 0.333. The van der Waals surface area contributed by atoms with Gasteiger partial charge in [0.05, 0.1) is 30.8 Å². The van der Waals surface area contributed by atoms with Crippen molar-refractivity contribution < 1.29 is 22.3 Å². The Morgan fingerprint density at radius 1 is 1.38 bits per heavy atom. The van der Waals surface area contributed by atoms with Crippen LogP contribution >= 0.6 is 0 Å². The van der Waals surface area contributed by atoms with E-state index >= 15 is 0 Å². The number of sulfone groups is 1. The molecule has 0 saturated carbocycles. The number of carbonyl (C=O) groups excluding carboxylic acids is 1. The molecule has 11 heteroatoms. The number of benzene rings is 1. The highest BCUT2D eigenvalue weighted by atomic mass is 32.2. The summed E-state index contributed by atoms with van der Waals surface area (Å²) in [6.07, 6.45) is 4.01. The predicted octanol–water partition coefficient (Wildman–Crippen LogP) is 2.42. The van der Waals surface area contributed by atoms with E-state index in [1.54, 1.807) is 0 Å². The van der Waals surface area contributed by atoms with Crippen LogP contribution < -0.4 is 15.4 Å². The number of aromatic nitrogens is 2. The molecule has 0 unspecified atom stereocenters. The smallest absolute Gasteiger partial charge is 0.275 e. The average Bonchev–Trinajstić information content (AvgIpc) is 2.73. The number of nitrogens with one attached hydrogen (secondary N) is 3. The van der Waals surface area contributed by atoms with Gasteiger partial charge in [-0.1, -0.05) is 6.08 Å². The van der Waals surface area contributed by atoms with Crippen LogP contribution in [0.2, 0.25) is 0 Å². The normalized spacial score (nSPS) is 24.3. The van der Waals surface area contributed by atoms with Crippen LogP contribution in [0.3, 0.4) is 0 Å². The average molecular weight is 462 g/mol. The van der Waals surface area contributed by atoms with Crippen molar-refractivity contribution in [3.8, 4) is 5.88 Å². The summed E-state index contributed by atoms with van der Waals surface area (Å²) in [4.78, 5) is 20.3.